The zero-order valence-electron chi connectivity index (χ0n) is 10.5. The first-order valence-electron chi connectivity index (χ1n) is 5.70. The van der Waals surface area contributed by atoms with Crippen molar-refractivity contribution in [1.29, 1.82) is 5.26 Å². The third-order valence-corrected chi connectivity index (χ3v) is 4.49. The van der Waals surface area contributed by atoms with E-state index in [-0.39, 0.29) is 16.6 Å². The molecule has 0 saturated heterocycles. The Morgan fingerprint density at radius 3 is 2.62 bits per heavy atom. The number of benzene rings is 1. The van der Waals surface area contributed by atoms with Crippen molar-refractivity contribution < 1.29 is 8.42 Å². The van der Waals surface area contributed by atoms with Gasteiger partial charge < -0.3 is 0 Å². The fourth-order valence-corrected chi connectivity index (χ4v) is 3.32. The summed E-state index contributed by atoms with van der Waals surface area (Å²) in [6.45, 7) is 0. The molecule has 1 aromatic carbocycles. The number of hydrogen-bond acceptors (Lipinski definition) is 4. The first kappa shape index (κ1) is 15.8. The number of sulfonamides is 1. The fourth-order valence-electron chi connectivity index (χ4n) is 1.59. The number of anilines is 1. The predicted octanol–water partition coefficient (Wildman–Crippen LogP) is 3.31. The van der Waals surface area contributed by atoms with Crippen LogP contribution >= 0.6 is 27.5 Å². The number of aromatic nitrogens is 1. The number of nitrogens with one attached hydrogen (secondary N) is 1. The van der Waals surface area contributed by atoms with Crippen LogP contribution in [0.5, 0.6) is 0 Å². The molecule has 1 aromatic heterocycles. The fraction of sp³-hybridized carbons (Fsp3) is 0.0769. The molecule has 0 atom stereocenters. The van der Waals surface area contributed by atoms with Crippen molar-refractivity contribution in [3.8, 4) is 6.07 Å². The minimum absolute atomic E-state index is 0.0709. The van der Waals surface area contributed by atoms with Gasteiger partial charge in [0.1, 0.15) is 0 Å². The monoisotopic (exact) mass is 385 g/mol. The van der Waals surface area contributed by atoms with Gasteiger partial charge in [0.05, 0.1) is 23.1 Å². The van der Waals surface area contributed by atoms with Crippen LogP contribution in [0.2, 0.25) is 5.15 Å². The van der Waals surface area contributed by atoms with Crippen molar-refractivity contribution in [2.75, 3.05) is 4.72 Å². The quantitative estimate of drug-likeness (QED) is 0.817. The van der Waals surface area contributed by atoms with Crippen LogP contribution in [-0.4, -0.2) is 13.4 Å². The molecule has 21 heavy (non-hydrogen) atoms. The summed E-state index contributed by atoms with van der Waals surface area (Å²) in [5.74, 6) is -0.221. The van der Waals surface area contributed by atoms with Crippen LogP contribution in [0.15, 0.2) is 41.0 Å². The Labute approximate surface area is 135 Å². The molecule has 0 bridgehead atoms. The summed E-state index contributed by atoms with van der Waals surface area (Å²) in [4.78, 5) is 3.85. The lowest BCUT2D eigenvalue weighted by atomic mass is 10.2. The van der Waals surface area contributed by atoms with Crippen LogP contribution < -0.4 is 4.72 Å². The molecule has 0 saturated carbocycles. The van der Waals surface area contributed by atoms with Crippen molar-refractivity contribution in [3.05, 3.63) is 57.3 Å². The van der Waals surface area contributed by atoms with Crippen LogP contribution in [0, 0.1) is 11.3 Å². The molecular weight excluding hydrogens is 378 g/mol. The highest BCUT2D eigenvalue weighted by molar-refractivity contribution is 9.10. The smallest absolute Gasteiger partial charge is 0.237 e. The minimum Gasteiger partial charge on any atom is -0.280 e. The second-order valence-corrected chi connectivity index (χ2v) is 7.16. The maximum atomic E-state index is 12.1. The van der Waals surface area contributed by atoms with E-state index in [0.29, 0.717) is 15.6 Å². The third kappa shape index (κ3) is 4.43. The maximum absolute atomic E-state index is 12.1. The van der Waals surface area contributed by atoms with E-state index in [1.807, 2.05) is 6.07 Å². The van der Waals surface area contributed by atoms with E-state index in [1.165, 1.54) is 12.3 Å². The third-order valence-electron chi connectivity index (χ3n) is 2.51. The van der Waals surface area contributed by atoms with Gasteiger partial charge in [0.25, 0.3) is 0 Å². The van der Waals surface area contributed by atoms with Gasteiger partial charge >= 0.3 is 0 Å². The Balaban J connectivity index is 2.18. The van der Waals surface area contributed by atoms with Crippen LogP contribution in [0.3, 0.4) is 0 Å². The second-order valence-electron chi connectivity index (χ2n) is 4.16. The van der Waals surface area contributed by atoms with Gasteiger partial charge in [-0.1, -0.05) is 23.7 Å². The Morgan fingerprint density at radius 2 is 2.00 bits per heavy atom. The van der Waals surface area contributed by atoms with Crippen molar-refractivity contribution in [2.45, 2.75) is 5.75 Å². The molecule has 1 N–H and O–H groups in total. The number of halogens is 2. The van der Waals surface area contributed by atoms with Crippen molar-refractivity contribution in [2.24, 2.45) is 0 Å². The topological polar surface area (TPSA) is 82.8 Å². The van der Waals surface area contributed by atoms with Crippen LogP contribution in [-0.2, 0) is 15.8 Å². The number of rotatable bonds is 4. The largest absolute Gasteiger partial charge is 0.280 e. The SMILES string of the molecule is N#Cc1ccc(CS(=O)(=O)Nc2cc(Br)cnc2Cl)cc1. The van der Waals surface area contributed by atoms with Gasteiger partial charge in [-0.15, -0.1) is 0 Å². The molecule has 0 aliphatic carbocycles. The number of nitriles is 1. The van der Waals surface area contributed by atoms with E-state index < -0.39 is 10.0 Å². The van der Waals surface area contributed by atoms with E-state index in [2.05, 4.69) is 25.6 Å². The molecule has 0 radical (unpaired) electrons. The summed E-state index contributed by atoms with van der Waals surface area (Å²) in [6, 6.07) is 9.84. The standard InChI is InChI=1S/C13H9BrClN3O2S/c14-11-5-12(13(15)17-7-11)18-21(19,20)8-10-3-1-9(6-16)2-4-10/h1-5,7,18H,8H2. The average molecular weight is 387 g/mol. The zero-order chi connectivity index (χ0) is 15.5. The van der Waals surface area contributed by atoms with Gasteiger partial charge in [-0.05, 0) is 39.7 Å². The van der Waals surface area contributed by atoms with Crippen LogP contribution in [0.25, 0.3) is 0 Å². The summed E-state index contributed by atoms with van der Waals surface area (Å²) in [5, 5.41) is 8.78. The molecule has 2 rings (SSSR count). The zero-order valence-corrected chi connectivity index (χ0v) is 13.7. The highest BCUT2D eigenvalue weighted by Crippen LogP contribution is 2.24. The van der Waals surface area contributed by atoms with Crippen molar-refractivity contribution in [3.63, 3.8) is 0 Å². The van der Waals surface area contributed by atoms with Gasteiger partial charge in [0, 0.05) is 10.7 Å². The lowest BCUT2D eigenvalue weighted by Crippen LogP contribution is -2.15. The molecule has 0 unspecified atom stereocenters. The van der Waals surface area contributed by atoms with Crippen molar-refractivity contribution in [1.82, 2.24) is 4.98 Å². The van der Waals surface area contributed by atoms with Gasteiger partial charge in [-0.3, -0.25) is 4.72 Å². The predicted molar refractivity (Wildman–Crippen MR) is 84.4 cm³/mol. The van der Waals surface area contributed by atoms with Crippen LogP contribution in [0.4, 0.5) is 5.69 Å². The van der Waals surface area contributed by atoms with Crippen molar-refractivity contribution >= 4 is 43.2 Å². The molecule has 0 spiro atoms. The summed E-state index contributed by atoms with van der Waals surface area (Å²) < 4.78 is 27.2. The average Bonchev–Trinajstić information content (AvgIpc) is 2.43. The Hall–Kier alpha value is -1.62. The highest BCUT2D eigenvalue weighted by atomic mass is 79.9. The summed E-state index contributed by atoms with van der Waals surface area (Å²) in [6.07, 6.45) is 1.47. The lowest BCUT2D eigenvalue weighted by Gasteiger charge is -2.09. The highest BCUT2D eigenvalue weighted by Gasteiger charge is 2.14. The van der Waals surface area contributed by atoms with Gasteiger partial charge in [-0.25, -0.2) is 13.4 Å². The van der Waals surface area contributed by atoms with Crippen LogP contribution in [0.1, 0.15) is 11.1 Å². The summed E-state index contributed by atoms with van der Waals surface area (Å²) in [7, 11) is -3.62. The second kappa shape index (κ2) is 6.43. The van der Waals surface area contributed by atoms with E-state index >= 15 is 0 Å². The molecule has 2 aromatic rings. The number of hydrogen-bond donors (Lipinski definition) is 1. The Morgan fingerprint density at radius 1 is 1.33 bits per heavy atom. The molecule has 0 amide bonds. The van der Waals surface area contributed by atoms with E-state index in [9.17, 15) is 8.42 Å². The van der Waals surface area contributed by atoms with E-state index in [4.69, 9.17) is 16.9 Å². The Bertz CT molecular complexity index is 801. The number of nitrogens with zero attached hydrogens (tertiary/aromatic N) is 2. The first-order chi connectivity index (χ1) is 9.89. The van der Waals surface area contributed by atoms with Gasteiger partial charge in [0.2, 0.25) is 10.0 Å². The normalized spacial score (nSPS) is 10.9. The van der Waals surface area contributed by atoms with E-state index in [1.54, 1.807) is 24.3 Å². The molecule has 8 heteroatoms. The summed E-state index contributed by atoms with van der Waals surface area (Å²) >= 11 is 9.05. The Kier molecular flexibility index (Phi) is 4.83. The first-order valence-corrected chi connectivity index (χ1v) is 8.52. The summed E-state index contributed by atoms with van der Waals surface area (Å²) in [5.41, 5.74) is 1.25. The van der Waals surface area contributed by atoms with Gasteiger partial charge in [0.15, 0.2) is 5.15 Å². The molecule has 5 nitrogen and oxygen atoms in total. The molecule has 0 aliphatic heterocycles. The maximum Gasteiger partial charge on any atom is 0.237 e. The molecule has 1 heterocycles. The molecular formula is C13H9BrClN3O2S. The number of pyridine rings is 1. The van der Waals surface area contributed by atoms with E-state index in [0.717, 1.165) is 0 Å². The molecule has 108 valence electrons. The minimum atomic E-state index is -3.62. The molecule has 0 fully saturated rings. The van der Waals surface area contributed by atoms with Gasteiger partial charge in [-0.2, -0.15) is 5.26 Å². The molecule has 0 aliphatic rings. The lowest BCUT2D eigenvalue weighted by molar-refractivity contribution is 0.600.